The smallest absolute Gasteiger partial charge is 0.404 e. The molecular weight excluding hydrogens is 202 g/mol. The van der Waals surface area contributed by atoms with Crippen LogP contribution in [0.25, 0.3) is 0 Å². The van der Waals surface area contributed by atoms with Gasteiger partial charge >= 0.3 is 6.09 Å². The second kappa shape index (κ2) is 4.78. The number of rotatable bonds is 4. The average molecular weight is 219 g/mol. The summed E-state index contributed by atoms with van der Waals surface area (Å²) in [6.07, 6.45) is -1.26. The van der Waals surface area contributed by atoms with Gasteiger partial charge in [-0.3, -0.25) is 0 Å². The van der Waals surface area contributed by atoms with Crippen molar-refractivity contribution in [3.63, 3.8) is 0 Å². The van der Waals surface area contributed by atoms with Gasteiger partial charge in [0, 0.05) is 13.2 Å². The van der Waals surface area contributed by atoms with Crippen LogP contribution >= 0.6 is 0 Å². The first kappa shape index (κ1) is 12.2. The number of hydrogen-bond donors (Lipinski definition) is 3. The van der Waals surface area contributed by atoms with Crippen molar-refractivity contribution in [2.75, 3.05) is 13.2 Å². The Labute approximate surface area is 88.2 Å². The average Bonchev–Trinajstić information content (AvgIpc) is 2.38. The van der Waals surface area contributed by atoms with E-state index in [1.54, 1.807) is 13.8 Å². The first-order valence-corrected chi connectivity index (χ1v) is 4.88. The van der Waals surface area contributed by atoms with Gasteiger partial charge in [0.1, 0.15) is 6.10 Å². The number of carboxylic acid groups (broad SMARTS) is 1. The summed E-state index contributed by atoms with van der Waals surface area (Å²) in [5, 5.41) is 19.5. The molecule has 6 heteroatoms. The van der Waals surface area contributed by atoms with Crippen LogP contribution in [-0.2, 0) is 9.47 Å². The summed E-state index contributed by atoms with van der Waals surface area (Å²) >= 11 is 0. The first-order chi connectivity index (χ1) is 6.94. The van der Waals surface area contributed by atoms with Gasteiger partial charge in [-0.15, -0.1) is 0 Å². The third-order valence-electron chi connectivity index (χ3n) is 2.15. The van der Waals surface area contributed by atoms with Crippen LogP contribution in [0.2, 0.25) is 0 Å². The van der Waals surface area contributed by atoms with E-state index in [-0.39, 0.29) is 25.4 Å². The van der Waals surface area contributed by atoms with E-state index in [2.05, 4.69) is 5.32 Å². The van der Waals surface area contributed by atoms with Crippen molar-refractivity contribution in [3.05, 3.63) is 0 Å². The van der Waals surface area contributed by atoms with Gasteiger partial charge in [0.05, 0.1) is 6.10 Å². The Hall–Kier alpha value is -0.850. The molecule has 2 atom stereocenters. The van der Waals surface area contributed by atoms with E-state index in [1.807, 2.05) is 0 Å². The fourth-order valence-corrected chi connectivity index (χ4v) is 1.64. The maximum Gasteiger partial charge on any atom is 0.404 e. The van der Waals surface area contributed by atoms with Gasteiger partial charge in [0.25, 0.3) is 0 Å². The minimum atomic E-state index is -1.09. The summed E-state index contributed by atoms with van der Waals surface area (Å²) in [4.78, 5) is 10.3. The van der Waals surface area contributed by atoms with E-state index >= 15 is 0 Å². The first-order valence-electron chi connectivity index (χ1n) is 4.88. The van der Waals surface area contributed by atoms with Gasteiger partial charge in [-0.1, -0.05) is 0 Å². The van der Waals surface area contributed by atoms with Crippen LogP contribution in [-0.4, -0.2) is 47.5 Å². The predicted molar refractivity (Wildman–Crippen MR) is 51.6 cm³/mol. The molecule has 0 aromatic carbocycles. The topological polar surface area (TPSA) is 88.0 Å². The van der Waals surface area contributed by atoms with Crippen molar-refractivity contribution < 1.29 is 24.5 Å². The minimum Gasteiger partial charge on any atom is -0.465 e. The Morgan fingerprint density at radius 2 is 2.00 bits per heavy atom. The summed E-state index contributed by atoms with van der Waals surface area (Å²) in [6.45, 7) is 3.69. The number of nitrogens with one attached hydrogen (secondary N) is 1. The van der Waals surface area contributed by atoms with Crippen molar-refractivity contribution >= 4 is 6.09 Å². The molecule has 0 aromatic rings. The highest BCUT2D eigenvalue weighted by Gasteiger charge is 2.40. The number of aliphatic hydroxyl groups is 1. The number of amides is 1. The molecule has 88 valence electrons. The van der Waals surface area contributed by atoms with E-state index in [4.69, 9.17) is 19.7 Å². The van der Waals surface area contributed by atoms with Crippen molar-refractivity contribution in [1.29, 1.82) is 0 Å². The summed E-state index contributed by atoms with van der Waals surface area (Å²) in [5.41, 5.74) is 0. The summed E-state index contributed by atoms with van der Waals surface area (Å²) in [6, 6.07) is 0. The molecule has 0 aliphatic carbocycles. The SMILES string of the molecule is CC1(C)OC(CCO)C(CNC(=O)O)O1. The Kier molecular flexibility index (Phi) is 3.90. The summed E-state index contributed by atoms with van der Waals surface area (Å²) in [5.74, 6) is -0.718. The Balaban J connectivity index is 2.49. The molecule has 1 aliphatic heterocycles. The molecule has 2 unspecified atom stereocenters. The zero-order valence-corrected chi connectivity index (χ0v) is 8.90. The maximum atomic E-state index is 10.3. The predicted octanol–water partition coefficient (Wildman–Crippen LogP) is 0.156. The van der Waals surface area contributed by atoms with Crippen molar-refractivity contribution in [2.45, 2.75) is 38.3 Å². The second-order valence-electron chi connectivity index (χ2n) is 3.91. The lowest BCUT2D eigenvalue weighted by Gasteiger charge is -2.16. The zero-order chi connectivity index (χ0) is 11.5. The Morgan fingerprint density at radius 3 is 2.53 bits per heavy atom. The highest BCUT2D eigenvalue weighted by Crippen LogP contribution is 2.29. The van der Waals surface area contributed by atoms with Crippen LogP contribution in [0.4, 0.5) is 4.79 Å². The van der Waals surface area contributed by atoms with Crippen molar-refractivity contribution in [3.8, 4) is 0 Å². The summed E-state index contributed by atoms with van der Waals surface area (Å²) < 4.78 is 11.0. The van der Waals surface area contributed by atoms with Gasteiger partial charge in [-0.05, 0) is 20.3 Å². The van der Waals surface area contributed by atoms with Crippen LogP contribution in [0.3, 0.4) is 0 Å². The molecule has 1 rings (SSSR count). The second-order valence-corrected chi connectivity index (χ2v) is 3.91. The van der Waals surface area contributed by atoms with E-state index in [1.165, 1.54) is 0 Å². The lowest BCUT2D eigenvalue weighted by molar-refractivity contribution is -0.146. The standard InChI is InChI=1S/C9H17NO5/c1-9(2)14-6(3-4-11)7(15-9)5-10-8(12)13/h6-7,10-11H,3-5H2,1-2H3,(H,12,13). The lowest BCUT2D eigenvalue weighted by atomic mass is 10.1. The molecule has 1 amide bonds. The highest BCUT2D eigenvalue weighted by molar-refractivity contribution is 5.64. The fourth-order valence-electron chi connectivity index (χ4n) is 1.64. The normalized spacial score (nSPS) is 29.0. The molecule has 0 bridgehead atoms. The van der Waals surface area contributed by atoms with Crippen LogP contribution in [0.5, 0.6) is 0 Å². The molecule has 1 saturated heterocycles. The molecule has 1 heterocycles. The van der Waals surface area contributed by atoms with Crippen LogP contribution in [0.1, 0.15) is 20.3 Å². The molecule has 15 heavy (non-hydrogen) atoms. The van der Waals surface area contributed by atoms with Crippen LogP contribution in [0.15, 0.2) is 0 Å². The number of aliphatic hydroxyl groups excluding tert-OH is 1. The van der Waals surface area contributed by atoms with E-state index in [9.17, 15) is 4.79 Å². The molecule has 0 saturated carbocycles. The van der Waals surface area contributed by atoms with E-state index in [0.717, 1.165) is 0 Å². The van der Waals surface area contributed by atoms with Crippen molar-refractivity contribution in [1.82, 2.24) is 5.32 Å². The molecule has 0 aromatic heterocycles. The molecular formula is C9H17NO5. The quantitative estimate of drug-likeness (QED) is 0.626. The number of hydrogen-bond acceptors (Lipinski definition) is 4. The molecule has 0 spiro atoms. The largest absolute Gasteiger partial charge is 0.465 e. The monoisotopic (exact) mass is 219 g/mol. The van der Waals surface area contributed by atoms with Crippen molar-refractivity contribution in [2.24, 2.45) is 0 Å². The van der Waals surface area contributed by atoms with Gasteiger partial charge in [0.2, 0.25) is 0 Å². The third kappa shape index (κ3) is 3.65. The van der Waals surface area contributed by atoms with Gasteiger partial charge < -0.3 is 25.0 Å². The molecule has 6 nitrogen and oxygen atoms in total. The Bertz CT molecular complexity index is 231. The molecule has 3 N–H and O–H groups in total. The lowest BCUT2D eigenvalue weighted by Crippen LogP contribution is -2.37. The molecule has 1 fully saturated rings. The van der Waals surface area contributed by atoms with Gasteiger partial charge in [-0.25, -0.2) is 4.79 Å². The highest BCUT2D eigenvalue weighted by atomic mass is 16.8. The van der Waals surface area contributed by atoms with Gasteiger partial charge in [0.15, 0.2) is 5.79 Å². The zero-order valence-electron chi connectivity index (χ0n) is 8.90. The fraction of sp³-hybridized carbons (Fsp3) is 0.889. The number of carbonyl (C=O) groups is 1. The molecule has 0 radical (unpaired) electrons. The minimum absolute atomic E-state index is 0.00627. The van der Waals surface area contributed by atoms with E-state index in [0.29, 0.717) is 6.42 Å². The van der Waals surface area contributed by atoms with E-state index < -0.39 is 11.9 Å². The third-order valence-corrected chi connectivity index (χ3v) is 2.15. The summed E-state index contributed by atoms with van der Waals surface area (Å²) in [7, 11) is 0. The van der Waals surface area contributed by atoms with Gasteiger partial charge in [-0.2, -0.15) is 0 Å². The van der Waals surface area contributed by atoms with Crippen LogP contribution in [0, 0.1) is 0 Å². The van der Waals surface area contributed by atoms with Crippen LogP contribution < -0.4 is 5.32 Å². The molecule has 1 aliphatic rings. The number of ether oxygens (including phenoxy) is 2. The Morgan fingerprint density at radius 1 is 1.40 bits per heavy atom. The maximum absolute atomic E-state index is 10.3.